The summed E-state index contributed by atoms with van der Waals surface area (Å²) >= 11 is 0. The summed E-state index contributed by atoms with van der Waals surface area (Å²) in [5.74, 6) is 2.70. The zero-order chi connectivity index (χ0) is 18.8. The van der Waals surface area contributed by atoms with E-state index < -0.39 is 0 Å². The van der Waals surface area contributed by atoms with Gasteiger partial charge in [0.2, 0.25) is 5.91 Å². The van der Waals surface area contributed by atoms with Crippen molar-refractivity contribution in [1.82, 2.24) is 25.1 Å². The molecule has 1 atom stereocenters. The van der Waals surface area contributed by atoms with Crippen LogP contribution in [0.1, 0.15) is 44.2 Å². The second-order valence-corrected chi connectivity index (χ2v) is 7.26. The van der Waals surface area contributed by atoms with Crippen LogP contribution in [0.3, 0.4) is 0 Å². The number of rotatable bonds is 5. The van der Waals surface area contributed by atoms with Crippen LogP contribution in [0.2, 0.25) is 0 Å². The normalized spacial score (nSPS) is 17.6. The maximum Gasteiger partial charge on any atom is 0.225 e. The number of nitrogens with one attached hydrogen (secondary N) is 1. The molecule has 4 heterocycles. The lowest BCUT2D eigenvalue weighted by atomic mass is 9.97. The third-order valence-corrected chi connectivity index (χ3v) is 4.92. The Morgan fingerprint density at radius 2 is 2.22 bits per heavy atom. The molecule has 1 aliphatic heterocycles. The summed E-state index contributed by atoms with van der Waals surface area (Å²) in [6.07, 6.45) is 3.45. The summed E-state index contributed by atoms with van der Waals surface area (Å²) in [6, 6.07) is 7.57. The number of aromatic nitrogens is 4. The van der Waals surface area contributed by atoms with E-state index in [0.717, 1.165) is 42.4 Å². The number of piperidine rings is 1. The second kappa shape index (κ2) is 7.38. The molecule has 4 rings (SSSR count). The highest BCUT2D eigenvalue weighted by Gasteiger charge is 2.27. The van der Waals surface area contributed by atoms with Gasteiger partial charge in [-0.2, -0.15) is 4.52 Å². The van der Waals surface area contributed by atoms with E-state index in [0.29, 0.717) is 13.1 Å². The van der Waals surface area contributed by atoms with E-state index >= 15 is 0 Å². The van der Waals surface area contributed by atoms with Crippen LogP contribution in [0.15, 0.2) is 34.9 Å². The summed E-state index contributed by atoms with van der Waals surface area (Å²) in [6.45, 7) is 6.11. The molecule has 0 bridgehead atoms. The Labute approximate surface area is 157 Å². The number of amides is 1. The third-order valence-electron chi connectivity index (χ3n) is 4.92. The zero-order valence-electron chi connectivity index (χ0n) is 15.6. The van der Waals surface area contributed by atoms with Crippen molar-refractivity contribution in [1.29, 1.82) is 0 Å². The molecule has 1 aliphatic rings. The quantitative estimate of drug-likeness (QED) is 0.744. The minimum Gasteiger partial charge on any atom is -0.467 e. The highest BCUT2D eigenvalue weighted by Crippen LogP contribution is 2.23. The van der Waals surface area contributed by atoms with E-state index in [1.807, 2.05) is 24.3 Å². The molecule has 1 unspecified atom stereocenters. The molecule has 0 spiro atoms. The molecule has 1 amide bonds. The van der Waals surface area contributed by atoms with Crippen LogP contribution in [-0.2, 0) is 11.3 Å². The van der Waals surface area contributed by atoms with Crippen molar-refractivity contribution >= 4 is 17.4 Å². The van der Waals surface area contributed by atoms with Crippen molar-refractivity contribution in [2.75, 3.05) is 18.0 Å². The summed E-state index contributed by atoms with van der Waals surface area (Å²) in [5, 5.41) is 16.1. The number of carbonyl (C=O) groups excluding carboxylic acids is 1. The summed E-state index contributed by atoms with van der Waals surface area (Å²) in [4.78, 5) is 14.7. The molecule has 1 fully saturated rings. The molecule has 0 radical (unpaired) electrons. The maximum absolute atomic E-state index is 12.6. The topological polar surface area (TPSA) is 88.6 Å². The molecule has 1 N–H and O–H groups in total. The van der Waals surface area contributed by atoms with E-state index in [9.17, 15) is 4.79 Å². The van der Waals surface area contributed by atoms with Crippen molar-refractivity contribution in [3.05, 3.63) is 42.1 Å². The molecule has 1 saturated heterocycles. The monoisotopic (exact) mass is 368 g/mol. The number of carbonyl (C=O) groups is 1. The van der Waals surface area contributed by atoms with Crippen molar-refractivity contribution in [2.45, 2.75) is 39.2 Å². The number of hydrogen-bond acceptors (Lipinski definition) is 6. The standard InChI is InChI=1S/C19H24N6O2/c1-13(2)18-22-21-16-7-8-17(23-25(16)18)24-9-3-5-14(12-24)19(26)20-11-15-6-4-10-27-15/h4,6-8,10,13-14H,3,5,9,11-12H2,1-2H3,(H,20,26). The summed E-state index contributed by atoms with van der Waals surface area (Å²) in [5.41, 5.74) is 0.743. The molecule has 0 aliphatic carbocycles. The van der Waals surface area contributed by atoms with Gasteiger partial charge in [-0.25, -0.2) is 0 Å². The molecular formula is C19H24N6O2. The fourth-order valence-electron chi connectivity index (χ4n) is 3.46. The van der Waals surface area contributed by atoms with Crippen molar-refractivity contribution in [2.24, 2.45) is 5.92 Å². The average Bonchev–Trinajstić information content (AvgIpc) is 3.35. The smallest absolute Gasteiger partial charge is 0.225 e. The van der Waals surface area contributed by atoms with Crippen LogP contribution in [0.4, 0.5) is 5.82 Å². The van der Waals surface area contributed by atoms with Gasteiger partial charge in [-0.15, -0.1) is 15.3 Å². The van der Waals surface area contributed by atoms with Crippen LogP contribution in [0, 0.1) is 5.92 Å². The molecular weight excluding hydrogens is 344 g/mol. The van der Waals surface area contributed by atoms with Gasteiger partial charge in [-0.05, 0) is 37.1 Å². The molecule has 0 aromatic carbocycles. The van der Waals surface area contributed by atoms with Gasteiger partial charge in [-0.1, -0.05) is 13.8 Å². The molecule has 3 aromatic rings. The van der Waals surface area contributed by atoms with E-state index in [4.69, 9.17) is 9.52 Å². The van der Waals surface area contributed by atoms with Gasteiger partial charge in [0.25, 0.3) is 0 Å². The molecule has 0 saturated carbocycles. The number of hydrogen-bond donors (Lipinski definition) is 1. The van der Waals surface area contributed by atoms with Crippen LogP contribution in [0.25, 0.3) is 5.65 Å². The summed E-state index contributed by atoms with van der Waals surface area (Å²) in [7, 11) is 0. The minimum atomic E-state index is -0.0586. The Balaban J connectivity index is 1.46. The van der Waals surface area contributed by atoms with Gasteiger partial charge < -0.3 is 14.6 Å². The highest BCUT2D eigenvalue weighted by atomic mass is 16.3. The molecule has 27 heavy (non-hydrogen) atoms. The largest absolute Gasteiger partial charge is 0.467 e. The van der Waals surface area contributed by atoms with E-state index in [1.54, 1.807) is 10.8 Å². The molecule has 8 heteroatoms. The van der Waals surface area contributed by atoms with Gasteiger partial charge in [0, 0.05) is 19.0 Å². The van der Waals surface area contributed by atoms with Crippen LogP contribution in [0.5, 0.6) is 0 Å². The molecule has 142 valence electrons. The van der Waals surface area contributed by atoms with E-state index in [-0.39, 0.29) is 17.7 Å². The zero-order valence-corrected chi connectivity index (χ0v) is 15.6. The maximum atomic E-state index is 12.6. The number of furan rings is 1. The lowest BCUT2D eigenvalue weighted by Crippen LogP contribution is -2.43. The average molecular weight is 368 g/mol. The number of anilines is 1. The van der Waals surface area contributed by atoms with Crippen molar-refractivity contribution in [3.63, 3.8) is 0 Å². The highest BCUT2D eigenvalue weighted by molar-refractivity contribution is 5.79. The Morgan fingerprint density at radius 3 is 3.00 bits per heavy atom. The van der Waals surface area contributed by atoms with Gasteiger partial charge >= 0.3 is 0 Å². The fraction of sp³-hybridized carbons (Fsp3) is 0.474. The van der Waals surface area contributed by atoms with Crippen molar-refractivity contribution < 1.29 is 9.21 Å². The first kappa shape index (κ1) is 17.5. The van der Waals surface area contributed by atoms with E-state index in [2.05, 4.69) is 34.3 Å². The van der Waals surface area contributed by atoms with Gasteiger partial charge in [0.1, 0.15) is 11.6 Å². The Hall–Kier alpha value is -2.90. The SMILES string of the molecule is CC(C)c1nnc2ccc(N3CCCC(C(=O)NCc4ccco4)C3)nn12. The first-order valence-electron chi connectivity index (χ1n) is 9.39. The minimum absolute atomic E-state index is 0.0586. The Kier molecular flexibility index (Phi) is 4.79. The second-order valence-electron chi connectivity index (χ2n) is 7.26. The summed E-state index contributed by atoms with van der Waals surface area (Å²) < 4.78 is 7.08. The number of nitrogens with zero attached hydrogens (tertiary/aromatic N) is 5. The van der Waals surface area contributed by atoms with Crippen LogP contribution in [-0.4, -0.2) is 38.8 Å². The van der Waals surface area contributed by atoms with Crippen LogP contribution < -0.4 is 10.2 Å². The fourth-order valence-corrected chi connectivity index (χ4v) is 3.46. The predicted octanol–water partition coefficient (Wildman–Crippen LogP) is 2.37. The van der Waals surface area contributed by atoms with Gasteiger partial charge in [-0.3, -0.25) is 4.79 Å². The number of fused-ring (bicyclic) bond motifs is 1. The van der Waals surface area contributed by atoms with Gasteiger partial charge in [0.15, 0.2) is 11.5 Å². The third kappa shape index (κ3) is 3.65. The lowest BCUT2D eigenvalue weighted by Gasteiger charge is -2.32. The molecule has 3 aromatic heterocycles. The van der Waals surface area contributed by atoms with Crippen LogP contribution >= 0.6 is 0 Å². The lowest BCUT2D eigenvalue weighted by molar-refractivity contribution is -0.125. The predicted molar refractivity (Wildman–Crippen MR) is 100 cm³/mol. The Bertz CT molecular complexity index is 918. The van der Waals surface area contributed by atoms with Gasteiger partial charge in [0.05, 0.1) is 18.7 Å². The first-order chi connectivity index (χ1) is 13.1. The molecule has 8 nitrogen and oxygen atoms in total. The van der Waals surface area contributed by atoms with Crippen molar-refractivity contribution in [3.8, 4) is 0 Å². The first-order valence-corrected chi connectivity index (χ1v) is 9.39. The Morgan fingerprint density at radius 1 is 1.33 bits per heavy atom. The van der Waals surface area contributed by atoms with E-state index in [1.165, 1.54) is 0 Å².